The number of nitrogens with two attached hydrogens (primary N) is 1. The first-order valence-electron chi connectivity index (χ1n) is 6.42. The molecule has 2 aromatic rings. The molecule has 2 rings (SSSR count). The fraction of sp³-hybridized carbons (Fsp3) is 0.267. The van der Waals surface area contributed by atoms with E-state index in [4.69, 9.17) is 22.7 Å². The Morgan fingerprint density at radius 2 is 2.15 bits per heavy atom. The van der Waals surface area contributed by atoms with E-state index in [0.717, 1.165) is 12.2 Å². The average Bonchev–Trinajstić information content (AvgIpc) is 2.87. The van der Waals surface area contributed by atoms with Gasteiger partial charge in [0.1, 0.15) is 5.84 Å². The number of nitrogens with zero attached hydrogens (tertiary/aromatic N) is 1. The van der Waals surface area contributed by atoms with Crippen LogP contribution in [-0.4, -0.2) is 11.9 Å². The Labute approximate surface area is 128 Å². The van der Waals surface area contributed by atoms with E-state index in [-0.39, 0.29) is 5.84 Å². The van der Waals surface area contributed by atoms with Crippen LogP contribution in [0.25, 0.3) is 0 Å². The molecule has 0 amide bonds. The predicted molar refractivity (Wildman–Crippen MR) is 88.1 cm³/mol. The van der Waals surface area contributed by atoms with Crippen molar-refractivity contribution < 1.29 is 0 Å². The zero-order valence-corrected chi connectivity index (χ0v) is 13.1. The fourth-order valence-electron chi connectivity index (χ4n) is 2.04. The lowest BCUT2D eigenvalue weighted by atomic mass is 10.1. The first-order chi connectivity index (χ1) is 9.49. The Bertz CT molecular complexity index is 593. The number of thiophene rings is 1. The average molecular weight is 308 g/mol. The molecular formula is C15H18ClN3S. The van der Waals surface area contributed by atoms with Crippen LogP contribution in [-0.2, 0) is 6.54 Å². The van der Waals surface area contributed by atoms with Crippen LogP contribution in [0.3, 0.4) is 0 Å². The minimum absolute atomic E-state index is 0.00379. The number of rotatable bonds is 5. The van der Waals surface area contributed by atoms with E-state index in [9.17, 15) is 0 Å². The molecule has 20 heavy (non-hydrogen) atoms. The molecule has 1 aromatic carbocycles. The normalized spacial score (nSPS) is 10.8. The van der Waals surface area contributed by atoms with Gasteiger partial charge in [0.15, 0.2) is 0 Å². The highest BCUT2D eigenvalue weighted by Crippen LogP contribution is 2.27. The van der Waals surface area contributed by atoms with Crippen molar-refractivity contribution in [1.82, 2.24) is 0 Å². The smallest absolute Gasteiger partial charge is 0.124 e. The van der Waals surface area contributed by atoms with Crippen molar-refractivity contribution in [3.05, 3.63) is 51.2 Å². The molecule has 1 aromatic heterocycles. The van der Waals surface area contributed by atoms with Crippen LogP contribution in [0.5, 0.6) is 0 Å². The lowest BCUT2D eigenvalue weighted by molar-refractivity contribution is 0.687. The number of nitrogen functional groups attached to an aromatic ring is 1. The van der Waals surface area contributed by atoms with Crippen LogP contribution in [0.4, 0.5) is 5.69 Å². The maximum atomic E-state index is 7.48. The minimum Gasteiger partial charge on any atom is -0.384 e. The van der Waals surface area contributed by atoms with Gasteiger partial charge >= 0.3 is 0 Å². The maximum absolute atomic E-state index is 7.48. The predicted octanol–water partition coefficient (Wildman–Crippen LogP) is 4.10. The molecule has 0 spiro atoms. The number of nitrogens with one attached hydrogen (secondary N) is 1. The lowest BCUT2D eigenvalue weighted by Gasteiger charge is -2.29. The molecule has 0 aliphatic carbocycles. The van der Waals surface area contributed by atoms with Gasteiger partial charge in [-0.3, -0.25) is 5.41 Å². The topological polar surface area (TPSA) is 53.1 Å². The van der Waals surface area contributed by atoms with Gasteiger partial charge in [-0.1, -0.05) is 17.7 Å². The number of anilines is 1. The Hall–Kier alpha value is -1.52. The van der Waals surface area contributed by atoms with Crippen molar-refractivity contribution in [3.63, 3.8) is 0 Å². The summed E-state index contributed by atoms with van der Waals surface area (Å²) >= 11 is 7.96. The van der Waals surface area contributed by atoms with Gasteiger partial charge in [-0.05, 0) is 43.5 Å². The Morgan fingerprint density at radius 3 is 2.65 bits per heavy atom. The van der Waals surface area contributed by atoms with Gasteiger partial charge in [0.25, 0.3) is 0 Å². The molecule has 1 heterocycles. The van der Waals surface area contributed by atoms with Crippen LogP contribution in [0.2, 0.25) is 5.02 Å². The molecule has 0 atom stereocenters. The Morgan fingerprint density at radius 1 is 1.40 bits per heavy atom. The van der Waals surface area contributed by atoms with E-state index in [1.807, 2.05) is 18.2 Å². The van der Waals surface area contributed by atoms with E-state index in [1.54, 1.807) is 11.3 Å². The molecule has 0 bridgehead atoms. The number of amidine groups is 1. The molecular weight excluding hydrogens is 290 g/mol. The second-order valence-electron chi connectivity index (χ2n) is 4.88. The van der Waals surface area contributed by atoms with Crippen LogP contribution in [0, 0.1) is 5.41 Å². The van der Waals surface area contributed by atoms with Crippen molar-refractivity contribution >= 4 is 34.5 Å². The molecule has 0 aliphatic heterocycles. The summed E-state index contributed by atoms with van der Waals surface area (Å²) in [5.41, 5.74) is 7.12. The number of benzene rings is 1. The van der Waals surface area contributed by atoms with Crippen LogP contribution in [0.15, 0.2) is 35.7 Å². The van der Waals surface area contributed by atoms with Crippen LogP contribution in [0.1, 0.15) is 24.3 Å². The molecule has 106 valence electrons. The van der Waals surface area contributed by atoms with E-state index in [2.05, 4.69) is 36.3 Å². The molecule has 0 saturated carbocycles. The van der Waals surface area contributed by atoms with Crippen molar-refractivity contribution in [2.24, 2.45) is 5.73 Å². The summed E-state index contributed by atoms with van der Waals surface area (Å²) in [7, 11) is 0. The highest BCUT2D eigenvalue weighted by Gasteiger charge is 2.14. The van der Waals surface area contributed by atoms with Gasteiger partial charge in [-0.15, -0.1) is 11.3 Å². The quantitative estimate of drug-likeness (QED) is 0.645. The highest BCUT2D eigenvalue weighted by atomic mass is 35.5. The second-order valence-corrected chi connectivity index (χ2v) is 6.32. The van der Waals surface area contributed by atoms with E-state index >= 15 is 0 Å². The first-order valence-corrected chi connectivity index (χ1v) is 7.67. The van der Waals surface area contributed by atoms with Crippen LogP contribution < -0.4 is 10.6 Å². The minimum atomic E-state index is -0.00379. The summed E-state index contributed by atoms with van der Waals surface area (Å²) in [6.07, 6.45) is 0. The molecule has 0 unspecified atom stereocenters. The molecule has 0 aliphatic rings. The first kappa shape index (κ1) is 14.9. The standard InChI is InChI=1S/C15H18ClN3S/c1-10(2)19(9-12-4-3-7-20-12)11-5-6-13(15(17)18)14(16)8-11/h3-8,10H,9H2,1-2H3,(H3,17,18). The molecule has 5 heteroatoms. The van der Waals surface area contributed by atoms with Gasteiger partial charge < -0.3 is 10.6 Å². The van der Waals surface area contributed by atoms with Gasteiger partial charge in [0.2, 0.25) is 0 Å². The number of hydrogen-bond donors (Lipinski definition) is 2. The van der Waals surface area contributed by atoms with E-state index < -0.39 is 0 Å². The molecule has 0 radical (unpaired) electrons. The third-order valence-electron chi connectivity index (χ3n) is 3.10. The zero-order chi connectivity index (χ0) is 14.7. The second kappa shape index (κ2) is 6.29. The maximum Gasteiger partial charge on any atom is 0.124 e. The third kappa shape index (κ3) is 3.32. The van der Waals surface area contributed by atoms with Gasteiger partial charge in [0, 0.05) is 22.2 Å². The fourth-order valence-corrected chi connectivity index (χ4v) is 3.02. The summed E-state index contributed by atoms with van der Waals surface area (Å²) in [4.78, 5) is 3.59. The SMILES string of the molecule is CC(C)N(Cc1cccs1)c1ccc(C(=N)N)c(Cl)c1. The molecule has 3 nitrogen and oxygen atoms in total. The van der Waals surface area contributed by atoms with Crippen LogP contribution >= 0.6 is 22.9 Å². The largest absolute Gasteiger partial charge is 0.384 e. The monoisotopic (exact) mass is 307 g/mol. The summed E-state index contributed by atoms with van der Waals surface area (Å²) < 4.78 is 0. The lowest BCUT2D eigenvalue weighted by Crippen LogP contribution is -2.29. The number of halogens is 1. The molecule has 0 saturated heterocycles. The summed E-state index contributed by atoms with van der Waals surface area (Å²) in [5, 5.41) is 10.1. The van der Waals surface area contributed by atoms with Gasteiger partial charge in [0.05, 0.1) is 11.6 Å². The van der Waals surface area contributed by atoms with Gasteiger partial charge in [-0.2, -0.15) is 0 Å². The van der Waals surface area contributed by atoms with Crippen molar-refractivity contribution in [2.75, 3.05) is 4.90 Å². The summed E-state index contributed by atoms with van der Waals surface area (Å²) in [5.74, 6) is -0.00379. The van der Waals surface area contributed by atoms with E-state index in [1.165, 1.54) is 4.88 Å². The zero-order valence-electron chi connectivity index (χ0n) is 11.6. The van der Waals surface area contributed by atoms with E-state index in [0.29, 0.717) is 16.6 Å². The van der Waals surface area contributed by atoms with Crippen molar-refractivity contribution in [1.29, 1.82) is 5.41 Å². The summed E-state index contributed by atoms with van der Waals surface area (Å²) in [6.45, 7) is 5.16. The van der Waals surface area contributed by atoms with Gasteiger partial charge in [-0.25, -0.2) is 0 Å². The molecule has 0 fully saturated rings. The Balaban J connectivity index is 2.30. The summed E-state index contributed by atoms with van der Waals surface area (Å²) in [6, 6.07) is 10.2. The Kier molecular flexibility index (Phi) is 4.68. The number of hydrogen-bond acceptors (Lipinski definition) is 3. The van der Waals surface area contributed by atoms with Crippen molar-refractivity contribution in [3.8, 4) is 0 Å². The van der Waals surface area contributed by atoms with Crippen molar-refractivity contribution in [2.45, 2.75) is 26.4 Å². The highest BCUT2D eigenvalue weighted by molar-refractivity contribution is 7.09. The third-order valence-corrected chi connectivity index (χ3v) is 4.28. The molecule has 3 N–H and O–H groups in total.